The largest absolute Gasteiger partial charge is 0.260 e. The Balaban J connectivity index is 3.11. The summed E-state index contributed by atoms with van der Waals surface area (Å²) in [4.78, 5) is 4.25. The highest BCUT2D eigenvalue weighted by Crippen LogP contribution is 2.13. The van der Waals surface area contributed by atoms with E-state index in [2.05, 4.69) is 4.98 Å². The van der Waals surface area contributed by atoms with Crippen molar-refractivity contribution in [3.8, 4) is 0 Å². The predicted octanol–water partition coefficient (Wildman–Crippen LogP) is 1.42. The van der Waals surface area contributed by atoms with E-state index >= 15 is 0 Å². The van der Waals surface area contributed by atoms with Crippen molar-refractivity contribution < 1.29 is 8.42 Å². The van der Waals surface area contributed by atoms with Gasteiger partial charge in [0.1, 0.15) is 4.90 Å². The fourth-order valence-corrected chi connectivity index (χ4v) is 2.72. The summed E-state index contributed by atoms with van der Waals surface area (Å²) in [6.45, 7) is 6.43. The van der Waals surface area contributed by atoms with Gasteiger partial charge in [-0.1, -0.05) is 13.8 Å². The molecular weight excluding hydrogens is 212 g/mol. The van der Waals surface area contributed by atoms with Crippen LogP contribution in [0.25, 0.3) is 0 Å². The standard InChI is InChI=1S/C10H16N2O2S/c1-4-12(5-2)15(13,14)10-7-6-9(3)11-8-10/h6-8H,4-5H2,1-3H3. The van der Waals surface area contributed by atoms with E-state index in [1.54, 1.807) is 12.1 Å². The van der Waals surface area contributed by atoms with Gasteiger partial charge < -0.3 is 0 Å². The van der Waals surface area contributed by atoms with E-state index in [-0.39, 0.29) is 4.90 Å². The molecule has 4 nitrogen and oxygen atoms in total. The number of nitrogens with zero attached hydrogens (tertiary/aromatic N) is 2. The summed E-state index contributed by atoms with van der Waals surface area (Å²) in [5.74, 6) is 0. The summed E-state index contributed by atoms with van der Waals surface area (Å²) in [6, 6.07) is 3.30. The summed E-state index contributed by atoms with van der Waals surface area (Å²) in [5.41, 5.74) is 0.813. The van der Waals surface area contributed by atoms with Crippen LogP contribution in [0.15, 0.2) is 23.2 Å². The highest BCUT2D eigenvalue weighted by molar-refractivity contribution is 7.89. The molecule has 0 aliphatic heterocycles. The zero-order valence-corrected chi connectivity index (χ0v) is 10.1. The van der Waals surface area contributed by atoms with Crippen LogP contribution in [0, 0.1) is 6.92 Å². The van der Waals surface area contributed by atoms with Crippen LogP contribution in [0.3, 0.4) is 0 Å². The molecule has 0 fully saturated rings. The SMILES string of the molecule is CCN(CC)S(=O)(=O)c1ccc(C)nc1. The first-order valence-electron chi connectivity index (χ1n) is 4.95. The molecule has 0 aromatic carbocycles. The summed E-state index contributed by atoms with van der Waals surface area (Å²) in [7, 11) is -3.35. The topological polar surface area (TPSA) is 50.3 Å². The Bertz CT molecular complexity index is 408. The maximum absolute atomic E-state index is 12.0. The Morgan fingerprint density at radius 3 is 2.27 bits per heavy atom. The Morgan fingerprint density at radius 1 is 1.27 bits per heavy atom. The Labute approximate surface area is 91.0 Å². The van der Waals surface area contributed by atoms with Crippen LogP contribution in [0.2, 0.25) is 0 Å². The van der Waals surface area contributed by atoms with Gasteiger partial charge in [0.25, 0.3) is 0 Å². The number of hydrogen-bond donors (Lipinski definition) is 0. The summed E-state index contributed by atoms with van der Waals surface area (Å²) in [6.07, 6.45) is 1.41. The van der Waals surface area contributed by atoms with E-state index in [4.69, 9.17) is 0 Å². The summed E-state index contributed by atoms with van der Waals surface area (Å²) >= 11 is 0. The van der Waals surface area contributed by atoms with Gasteiger partial charge in [0.2, 0.25) is 10.0 Å². The lowest BCUT2D eigenvalue weighted by Crippen LogP contribution is -2.30. The third-order valence-corrected chi connectivity index (χ3v) is 4.26. The number of pyridine rings is 1. The second kappa shape index (κ2) is 4.72. The summed E-state index contributed by atoms with van der Waals surface area (Å²) < 4.78 is 25.4. The van der Waals surface area contributed by atoms with Crippen LogP contribution >= 0.6 is 0 Å². The van der Waals surface area contributed by atoms with Gasteiger partial charge in [-0.05, 0) is 19.1 Å². The van der Waals surface area contributed by atoms with Crippen molar-refractivity contribution in [3.05, 3.63) is 24.0 Å². The van der Waals surface area contributed by atoms with E-state index in [0.29, 0.717) is 13.1 Å². The van der Waals surface area contributed by atoms with Gasteiger partial charge in [-0.3, -0.25) is 4.98 Å². The highest BCUT2D eigenvalue weighted by Gasteiger charge is 2.21. The Kier molecular flexibility index (Phi) is 3.82. The van der Waals surface area contributed by atoms with Crippen molar-refractivity contribution in [1.29, 1.82) is 0 Å². The molecule has 0 saturated heterocycles. The van der Waals surface area contributed by atoms with Crippen LogP contribution in [0.4, 0.5) is 0 Å². The van der Waals surface area contributed by atoms with Gasteiger partial charge in [0.05, 0.1) is 0 Å². The first kappa shape index (κ1) is 12.1. The molecule has 1 aromatic rings. The van der Waals surface area contributed by atoms with Crippen LogP contribution in [0.1, 0.15) is 19.5 Å². The summed E-state index contributed by atoms with van der Waals surface area (Å²) in [5, 5.41) is 0. The lowest BCUT2D eigenvalue weighted by molar-refractivity contribution is 0.445. The van der Waals surface area contributed by atoms with E-state index in [1.165, 1.54) is 10.5 Å². The molecule has 0 saturated carbocycles. The van der Waals surface area contributed by atoms with Crippen LogP contribution < -0.4 is 0 Å². The average molecular weight is 228 g/mol. The molecular formula is C10H16N2O2S. The van der Waals surface area contributed by atoms with Crippen molar-refractivity contribution in [2.75, 3.05) is 13.1 Å². The van der Waals surface area contributed by atoms with E-state index in [1.807, 2.05) is 20.8 Å². The number of aryl methyl sites for hydroxylation is 1. The number of rotatable bonds is 4. The molecule has 0 unspecified atom stereocenters. The molecule has 0 atom stereocenters. The molecule has 84 valence electrons. The number of sulfonamides is 1. The van der Waals surface area contributed by atoms with Crippen molar-refractivity contribution in [2.45, 2.75) is 25.7 Å². The average Bonchev–Trinajstić information content (AvgIpc) is 2.19. The monoisotopic (exact) mass is 228 g/mol. The molecule has 15 heavy (non-hydrogen) atoms. The van der Waals surface area contributed by atoms with E-state index < -0.39 is 10.0 Å². The molecule has 0 aliphatic rings. The molecule has 0 amide bonds. The van der Waals surface area contributed by atoms with Crippen molar-refractivity contribution in [1.82, 2.24) is 9.29 Å². The lowest BCUT2D eigenvalue weighted by Gasteiger charge is -2.17. The molecule has 0 bridgehead atoms. The Morgan fingerprint density at radius 2 is 1.87 bits per heavy atom. The van der Waals surface area contributed by atoms with Gasteiger partial charge in [-0.2, -0.15) is 4.31 Å². The second-order valence-corrected chi connectivity index (χ2v) is 5.16. The minimum atomic E-state index is -3.35. The first-order chi connectivity index (χ1) is 7.02. The molecule has 0 N–H and O–H groups in total. The lowest BCUT2D eigenvalue weighted by atomic mass is 10.4. The number of hydrogen-bond acceptors (Lipinski definition) is 3. The Hall–Kier alpha value is -0.940. The third-order valence-electron chi connectivity index (χ3n) is 2.23. The minimum Gasteiger partial charge on any atom is -0.260 e. The fraction of sp³-hybridized carbons (Fsp3) is 0.500. The van der Waals surface area contributed by atoms with Gasteiger partial charge in [-0.15, -0.1) is 0 Å². The minimum absolute atomic E-state index is 0.261. The van der Waals surface area contributed by atoms with Gasteiger partial charge >= 0.3 is 0 Å². The fourth-order valence-electron chi connectivity index (χ4n) is 1.32. The zero-order chi connectivity index (χ0) is 11.5. The van der Waals surface area contributed by atoms with Crippen LogP contribution in [0.5, 0.6) is 0 Å². The molecule has 0 radical (unpaired) electrons. The quantitative estimate of drug-likeness (QED) is 0.783. The smallest absolute Gasteiger partial charge is 0.244 e. The maximum atomic E-state index is 12.0. The molecule has 0 aliphatic carbocycles. The van der Waals surface area contributed by atoms with Crippen molar-refractivity contribution in [3.63, 3.8) is 0 Å². The molecule has 1 aromatic heterocycles. The van der Waals surface area contributed by atoms with Crippen LogP contribution in [-0.4, -0.2) is 30.8 Å². The van der Waals surface area contributed by atoms with Gasteiger partial charge in [0.15, 0.2) is 0 Å². The normalized spacial score (nSPS) is 12.0. The first-order valence-corrected chi connectivity index (χ1v) is 6.39. The van der Waals surface area contributed by atoms with E-state index in [9.17, 15) is 8.42 Å². The van der Waals surface area contributed by atoms with Gasteiger partial charge in [-0.25, -0.2) is 8.42 Å². The number of aromatic nitrogens is 1. The second-order valence-electron chi connectivity index (χ2n) is 3.22. The maximum Gasteiger partial charge on any atom is 0.244 e. The predicted molar refractivity (Wildman–Crippen MR) is 59.1 cm³/mol. The molecule has 5 heteroatoms. The highest BCUT2D eigenvalue weighted by atomic mass is 32.2. The van der Waals surface area contributed by atoms with E-state index in [0.717, 1.165) is 5.69 Å². The zero-order valence-electron chi connectivity index (χ0n) is 9.27. The van der Waals surface area contributed by atoms with Crippen molar-refractivity contribution >= 4 is 10.0 Å². The molecule has 1 rings (SSSR count). The van der Waals surface area contributed by atoms with Gasteiger partial charge in [0, 0.05) is 25.0 Å². The van der Waals surface area contributed by atoms with Crippen molar-refractivity contribution in [2.24, 2.45) is 0 Å². The molecule has 1 heterocycles. The third kappa shape index (κ3) is 2.54. The molecule has 0 spiro atoms. The van der Waals surface area contributed by atoms with Crippen LogP contribution in [-0.2, 0) is 10.0 Å².